The summed E-state index contributed by atoms with van der Waals surface area (Å²) in [7, 11) is 0.481. The SMILES string of the molecule is Cc1cc2c(oc3cc(F)ccc32)c(-c2cc([Si](C)(C)C)c3ccc(C(C)(C)C)cc3[n+]2C)c1C. The average Bonchev–Trinajstić information content (AvgIpc) is 3.10. The highest BCUT2D eigenvalue weighted by Gasteiger charge is 2.30. The van der Waals surface area contributed by atoms with Gasteiger partial charge in [0.2, 0.25) is 11.2 Å². The molecule has 0 saturated heterocycles. The maximum absolute atomic E-state index is 14.0. The quantitative estimate of drug-likeness (QED) is 0.184. The summed E-state index contributed by atoms with van der Waals surface area (Å²) in [5.74, 6) is -0.279. The standard InChI is InChI=1S/C31H35FNOSi/c1-18-14-24-22-13-11-21(32)16-27(22)34-30(24)29(19(18)2)26-17-28(35(7,8)9)23-12-10-20(31(3,4)5)15-25(23)33(26)6/h10-17H,1-9H3/q+1. The number of rotatable bonds is 2. The Morgan fingerprint density at radius 2 is 1.54 bits per heavy atom. The van der Waals surface area contributed by atoms with E-state index < -0.39 is 8.07 Å². The second-order valence-electron chi connectivity index (χ2n) is 12.0. The Balaban J connectivity index is 1.96. The summed E-state index contributed by atoms with van der Waals surface area (Å²) < 4.78 is 22.8. The molecule has 3 aromatic carbocycles. The normalized spacial score (nSPS) is 12.9. The lowest BCUT2D eigenvalue weighted by atomic mass is 9.86. The summed E-state index contributed by atoms with van der Waals surface area (Å²) in [6.07, 6.45) is 0. The first kappa shape index (κ1) is 23.7. The molecule has 0 atom stereocenters. The second-order valence-corrected chi connectivity index (χ2v) is 17.1. The molecular weight excluding hydrogens is 449 g/mol. The minimum absolute atomic E-state index is 0.0614. The lowest BCUT2D eigenvalue weighted by Crippen LogP contribution is -2.43. The number of halogens is 1. The molecule has 35 heavy (non-hydrogen) atoms. The van der Waals surface area contributed by atoms with Gasteiger partial charge in [0.25, 0.3) is 0 Å². The molecular formula is C31H35FNOSi+. The summed E-state index contributed by atoms with van der Waals surface area (Å²) >= 11 is 0. The highest BCUT2D eigenvalue weighted by atomic mass is 28.3. The molecule has 0 aliphatic rings. The molecule has 0 aliphatic carbocycles. The van der Waals surface area contributed by atoms with E-state index in [-0.39, 0.29) is 11.2 Å². The third-order valence-corrected chi connectivity index (χ3v) is 9.50. The van der Waals surface area contributed by atoms with Crippen LogP contribution in [0, 0.1) is 19.7 Å². The predicted molar refractivity (Wildman–Crippen MR) is 149 cm³/mol. The van der Waals surface area contributed by atoms with Gasteiger partial charge in [0, 0.05) is 34.4 Å². The number of hydrogen-bond donors (Lipinski definition) is 0. The second kappa shape index (κ2) is 7.76. The minimum Gasteiger partial charge on any atom is -0.455 e. The summed E-state index contributed by atoms with van der Waals surface area (Å²) in [4.78, 5) is 0. The van der Waals surface area contributed by atoms with Gasteiger partial charge in [-0.3, -0.25) is 0 Å². The Bertz CT molecular complexity index is 1650. The maximum Gasteiger partial charge on any atom is 0.216 e. The van der Waals surface area contributed by atoms with Crippen LogP contribution in [0.1, 0.15) is 37.5 Å². The Morgan fingerprint density at radius 1 is 0.857 bits per heavy atom. The Labute approximate surface area is 208 Å². The zero-order chi connectivity index (χ0) is 25.4. The van der Waals surface area contributed by atoms with Crippen LogP contribution in [0.3, 0.4) is 0 Å². The zero-order valence-corrected chi connectivity index (χ0v) is 23.4. The summed E-state index contributed by atoms with van der Waals surface area (Å²) in [5.41, 5.74) is 8.69. The van der Waals surface area contributed by atoms with Crippen molar-refractivity contribution >= 4 is 46.1 Å². The van der Waals surface area contributed by atoms with Crippen molar-refractivity contribution in [3.8, 4) is 11.3 Å². The van der Waals surface area contributed by atoms with Crippen molar-refractivity contribution in [1.29, 1.82) is 0 Å². The molecule has 0 saturated carbocycles. The van der Waals surface area contributed by atoms with Crippen LogP contribution in [0.4, 0.5) is 4.39 Å². The first-order valence-electron chi connectivity index (χ1n) is 12.4. The molecule has 0 unspecified atom stereocenters. The predicted octanol–water partition coefficient (Wildman–Crippen LogP) is 7.83. The Hall–Kier alpha value is -2.98. The van der Waals surface area contributed by atoms with Gasteiger partial charge in [-0.2, -0.15) is 4.57 Å². The highest BCUT2D eigenvalue weighted by Crippen LogP contribution is 2.39. The smallest absolute Gasteiger partial charge is 0.216 e. The topological polar surface area (TPSA) is 17.0 Å². The van der Waals surface area contributed by atoms with E-state index in [9.17, 15) is 4.39 Å². The number of pyridine rings is 1. The molecule has 0 bridgehead atoms. The Morgan fingerprint density at radius 3 is 2.20 bits per heavy atom. The molecule has 5 aromatic rings. The Kier molecular flexibility index (Phi) is 5.26. The number of hydrogen-bond acceptors (Lipinski definition) is 1. The largest absolute Gasteiger partial charge is 0.455 e. The fourth-order valence-corrected chi connectivity index (χ4v) is 6.81. The number of aromatic nitrogens is 1. The maximum atomic E-state index is 14.0. The monoisotopic (exact) mass is 484 g/mol. The van der Waals surface area contributed by atoms with Crippen LogP contribution in [-0.4, -0.2) is 8.07 Å². The first-order valence-corrected chi connectivity index (χ1v) is 15.9. The van der Waals surface area contributed by atoms with E-state index in [1.807, 2.05) is 6.07 Å². The van der Waals surface area contributed by atoms with E-state index in [4.69, 9.17) is 4.42 Å². The number of aryl methyl sites for hydroxylation is 2. The number of nitrogens with zero attached hydrogens (tertiary/aromatic N) is 1. The molecule has 0 N–H and O–H groups in total. The van der Waals surface area contributed by atoms with Crippen LogP contribution >= 0.6 is 0 Å². The molecule has 0 fully saturated rings. The van der Waals surface area contributed by atoms with Crippen molar-refractivity contribution in [3.05, 3.63) is 71.0 Å². The van der Waals surface area contributed by atoms with Gasteiger partial charge >= 0.3 is 0 Å². The van der Waals surface area contributed by atoms with Crippen LogP contribution in [0.5, 0.6) is 0 Å². The lowest BCUT2D eigenvalue weighted by Gasteiger charge is -2.23. The van der Waals surface area contributed by atoms with Gasteiger partial charge in [-0.25, -0.2) is 4.39 Å². The van der Waals surface area contributed by atoms with E-state index in [0.717, 1.165) is 27.6 Å². The van der Waals surface area contributed by atoms with E-state index in [0.29, 0.717) is 5.58 Å². The summed E-state index contributed by atoms with van der Waals surface area (Å²) in [6.45, 7) is 18.3. The van der Waals surface area contributed by atoms with Gasteiger partial charge in [0.05, 0.1) is 13.6 Å². The average molecular weight is 485 g/mol. The van der Waals surface area contributed by atoms with Crippen molar-refractivity contribution in [1.82, 2.24) is 0 Å². The fraction of sp³-hybridized carbons (Fsp3) is 0.323. The molecule has 4 heteroatoms. The molecule has 0 spiro atoms. The highest BCUT2D eigenvalue weighted by molar-refractivity contribution is 6.90. The van der Waals surface area contributed by atoms with Crippen molar-refractivity contribution in [2.75, 3.05) is 0 Å². The van der Waals surface area contributed by atoms with Crippen LogP contribution in [0.25, 0.3) is 44.1 Å². The third-order valence-electron chi connectivity index (χ3n) is 7.47. The van der Waals surface area contributed by atoms with Crippen molar-refractivity contribution in [2.45, 2.75) is 59.7 Å². The van der Waals surface area contributed by atoms with Crippen LogP contribution in [-0.2, 0) is 12.5 Å². The first-order chi connectivity index (χ1) is 16.3. The number of fused-ring (bicyclic) bond motifs is 4. The van der Waals surface area contributed by atoms with Gasteiger partial charge < -0.3 is 4.42 Å². The van der Waals surface area contributed by atoms with Crippen molar-refractivity contribution in [3.63, 3.8) is 0 Å². The molecule has 2 heterocycles. The number of furan rings is 1. The number of benzene rings is 3. The van der Waals surface area contributed by atoms with Crippen LogP contribution in [0.2, 0.25) is 19.6 Å². The molecule has 2 aromatic heterocycles. The van der Waals surface area contributed by atoms with E-state index in [2.05, 4.69) is 96.2 Å². The van der Waals surface area contributed by atoms with Gasteiger partial charge in [0.15, 0.2) is 0 Å². The van der Waals surface area contributed by atoms with Crippen LogP contribution in [0.15, 0.2) is 52.9 Å². The van der Waals surface area contributed by atoms with E-state index in [1.165, 1.54) is 44.9 Å². The van der Waals surface area contributed by atoms with Crippen molar-refractivity contribution < 1.29 is 13.4 Å². The fourth-order valence-electron chi connectivity index (χ4n) is 5.22. The van der Waals surface area contributed by atoms with E-state index in [1.54, 1.807) is 0 Å². The molecule has 0 aliphatic heterocycles. The van der Waals surface area contributed by atoms with Crippen LogP contribution < -0.4 is 9.75 Å². The van der Waals surface area contributed by atoms with Gasteiger partial charge in [-0.1, -0.05) is 46.5 Å². The summed E-state index contributed by atoms with van der Waals surface area (Å²) in [5, 5.41) is 4.76. The molecule has 0 radical (unpaired) electrons. The van der Waals surface area contributed by atoms with E-state index >= 15 is 0 Å². The minimum atomic E-state index is -1.68. The summed E-state index contributed by atoms with van der Waals surface area (Å²) in [6, 6.07) is 16.4. The van der Waals surface area contributed by atoms with Gasteiger partial charge in [-0.05, 0) is 65.4 Å². The van der Waals surface area contributed by atoms with Gasteiger partial charge in [-0.15, -0.1) is 0 Å². The molecule has 2 nitrogen and oxygen atoms in total. The molecule has 5 rings (SSSR count). The molecule has 0 amide bonds. The van der Waals surface area contributed by atoms with Gasteiger partial charge in [0.1, 0.15) is 24.0 Å². The van der Waals surface area contributed by atoms with Crippen molar-refractivity contribution in [2.24, 2.45) is 7.05 Å². The lowest BCUT2D eigenvalue weighted by molar-refractivity contribution is -0.633. The third kappa shape index (κ3) is 3.79. The zero-order valence-electron chi connectivity index (χ0n) is 22.4. The molecule has 180 valence electrons.